The average Bonchev–Trinajstić information content (AvgIpc) is 3.14. The molecule has 0 aromatic carbocycles. The summed E-state index contributed by atoms with van der Waals surface area (Å²) < 4.78 is 17.7. The molecule has 0 amide bonds. The number of hydrogen-bond donors (Lipinski definition) is 0. The largest absolute Gasteiger partial charge is 0.463 e. The monoisotopic (exact) mass is 392 g/mol. The van der Waals surface area contributed by atoms with Crippen molar-refractivity contribution in [3.63, 3.8) is 0 Å². The SMILES string of the molecule is CC(=O)O[C@H]1C(=O)[C@H]2C(C)(C)CCC[C@]2(C)[C@@]2(CC[C@@]3(COC(=O)C3)O2)[C@H]1C. The predicted molar refractivity (Wildman–Crippen MR) is 100 cm³/mol. The van der Waals surface area contributed by atoms with Gasteiger partial charge in [0.2, 0.25) is 0 Å². The lowest BCUT2D eigenvalue weighted by molar-refractivity contribution is -0.257. The molecule has 0 N–H and O–H groups in total. The van der Waals surface area contributed by atoms with E-state index < -0.39 is 23.3 Å². The molecule has 0 unspecified atom stereocenters. The molecule has 6 atom stereocenters. The van der Waals surface area contributed by atoms with Gasteiger partial charge in [0.15, 0.2) is 11.9 Å². The number of carbonyl (C=O) groups is 3. The van der Waals surface area contributed by atoms with E-state index in [1.807, 2.05) is 6.92 Å². The minimum atomic E-state index is -0.805. The first-order chi connectivity index (χ1) is 13.0. The summed E-state index contributed by atoms with van der Waals surface area (Å²) in [6.45, 7) is 10.1. The Hall–Kier alpha value is -1.43. The van der Waals surface area contributed by atoms with E-state index in [0.29, 0.717) is 0 Å². The first-order valence-corrected chi connectivity index (χ1v) is 10.5. The van der Waals surface area contributed by atoms with Gasteiger partial charge >= 0.3 is 11.9 Å². The van der Waals surface area contributed by atoms with E-state index >= 15 is 0 Å². The second-order valence-electron chi connectivity index (χ2n) is 10.4. The van der Waals surface area contributed by atoms with Gasteiger partial charge in [-0.1, -0.05) is 34.1 Å². The van der Waals surface area contributed by atoms with E-state index in [9.17, 15) is 14.4 Å². The minimum Gasteiger partial charge on any atom is -0.463 e. The molecule has 6 heteroatoms. The van der Waals surface area contributed by atoms with Crippen LogP contribution in [0.25, 0.3) is 0 Å². The second kappa shape index (κ2) is 6.04. The Morgan fingerprint density at radius 1 is 1.11 bits per heavy atom. The van der Waals surface area contributed by atoms with Gasteiger partial charge in [-0.25, -0.2) is 0 Å². The Balaban J connectivity index is 1.82. The fraction of sp³-hybridized carbons (Fsp3) is 0.864. The molecule has 0 aromatic heterocycles. The fourth-order valence-electron chi connectivity index (χ4n) is 7.16. The second-order valence-corrected chi connectivity index (χ2v) is 10.4. The van der Waals surface area contributed by atoms with Crippen molar-refractivity contribution in [2.24, 2.45) is 22.7 Å². The average molecular weight is 392 g/mol. The van der Waals surface area contributed by atoms with Crippen LogP contribution < -0.4 is 0 Å². The zero-order valence-corrected chi connectivity index (χ0v) is 17.6. The van der Waals surface area contributed by atoms with E-state index in [1.165, 1.54) is 6.92 Å². The molecule has 4 rings (SSSR count). The van der Waals surface area contributed by atoms with Crippen LogP contribution in [0.5, 0.6) is 0 Å². The van der Waals surface area contributed by atoms with E-state index in [-0.39, 0.29) is 47.4 Å². The van der Waals surface area contributed by atoms with Crippen molar-refractivity contribution < 1.29 is 28.6 Å². The van der Waals surface area contributed by atoms with Gasteiger partial charge in [-0.15, -0.1) is 0 Å². The molecule has 0 aromatic rings. The molecule has 4 fully saturated rings. The standard InChI is InChI=1S/C22H32O6/c1-13-17(27-14(2)23)16(25)18-19(3,4)7-6-8-20(18,5)22(13)10-9-21(28-22)11-15(24)26-12-21/h13,17-18H,6-12H2,1-5H3/t13-,17+,18-,20-,21+,22+/m0/s1. The summed E-state index contributed by atoms with van der Waals surface area (Å²) in [4.78, 5) is 37.3. The number of ketones is 1. The topological polar surface area (TPSA) is 78.9 Å². The summed E-state index contributed by atoms with van der Waals surface area (Å²) in [6.07, 6.45) is 3.83. The minimum absolute atomic E-state index is 0.0313. The van der Waals surface area contributed by atoms with Gasteiger partial charge in [-0.05, 0) is 31.1 Å². The maximum atomic E-state index is 13.6. The van der Waals surface area contributed by atoms with Crippen molar-refractivity contribution in [3.05, 3.63) is 0 Å². The highest BCUT2D eigenvalue weighted by Crippen LogP contribution is 2.67. The molecule has 2 spiro atoms. The van der Waals surface area contributed by atoms with Crippen molar-refractivity contribution in [2.75, 3.05) is 6.61 Å². The first kappa shape index (κ1) is 19.9. The molecule has 0 radical (unpaired) electrons. The molecule has 6 nitrogen and oxygen atoms in total. The Morgan fingerprint density at radius 2 is 1.82 bits per heavy atom. The van der Waals surface area contributed by atoms with E-state index in [2.05, 4.69) is 20.8 Å². The molecule has 0 bridgehead atoms. The zero-order chi connectivity index (χ0) is 20.5. The Labute approximate surface area is 166 Å². The number of cyclic esters (lactones) is 1. The normalized spacial score (nSPS) is 47.2. The van der Waals surface area contributed by atoms with Crippen molar-refractivity contribution in [1.29, 1.82) is 0 Å². The molecule has 156 valence electrons. The zero-order valence-electron chi connectivity index (χ0n) is 17.6. The Bertz CT molecular complexity index is 729. The van der Waals surface area contributed by atoms with Crippen LogP contribution in [0.2, 0.25) is 0 Å². The van der Waals surface area contributed by atoms with Crippen LogP contribution >= 0.6 is 0 Å². The lowest BCUT2D eigenvalue weighted by Gasteiger charge is -2.63. The molecule has 2 saturated heterocycles. The smallest absolute Gasteiger partial charge is 0.308 e. The third-order valence-corrected chi connectivity index (χ3v) is 8.26. The van der Waals surface area contributed by atoms with Crippen LogP contribution in [0.3, 0.4) is 0 Å². The summed E-state index contributed by atoms with van der Waals surface area (Å²) in [6, 6.07) is 0. The molecule has 2 aliphatic heterocycles. The highest BCUT2D eigenvalue weighted by Gasteiger charge is 2.73. The van der Waals surface area contributed by atoms with E-state index in [4.69, 9.17) is 14.2 Å². The lowest BCUT2D eigenvalue weighted by atomic mass is 9.43. The van der Waals surface area contributed by atoms with Crippen molar-refractivity contribution in [1.82, 2.24) is 0 Å². The molecular weight excluding hydrogens is 360 g/mol. The van der Waals surface area contributed by atoms with Gasteiger partial charge in [0.05, 0.1) is 12.0 Å². The van der Waals surface area contributed by atoms with Crippen molar-refractivity contribution in [3.8, 4) is 0 Å². The predicted octanol–water partition coefficient (Wildman–Crippen LogP) is 3.20. The molecule has 2 saturated carbocycles. The number of fused-ring (bicyclic) bond motifs is 2. The van der Waals surface area contributed by atoms with Crippen LogP contribution in [0.15, 0.2) is 0 Å². The maximum Gasteiger partial charge on any atom is 0.308 e. The molecule has 4 aliphatic rings. The van der Waals surface area contributed by atoms with Gasteiger partial charge < -0.3 is 14.2 Å². The van der Waals surface area contributed by atoms with Gasteiger partial charge in [-0.3, -0.25) is 14.4 Å². The number of rotatable bonds is 1. The summed E-state index contributed by atoms with van der Waals surface area (Å²) in [5.74, 6) is -1.15. The van der Waals surface area contributed by atoms with Crippen LogP contribution in [-0.2, 0) is 28.6 Å². The van der Waals surface area contributed by atoms with E-state index in [0.717, 1.165) is 32.1 Å². The van der Waals surface area contributed by atoms with Gasteiger partial charge in [-0.2, -0.15) is 0 Å². The third kappa shape index (κ3) is 2.52. The first-order valence-electron chi connectivity index (χ1n) is 10.5. The molecule has 28 heavy (non-hydrogen) atoms. The molecule has 2 heterocycles. The van der Waals surface area contributed by atoms with Gasteiger partial charge in [0.25, 0.3) is 0 Å². The van der Waals surface area contributed by atoms with Crippen LogP contribution in [-0.4, -0.2) is 41.6 Å². The van der Waals surface area contributed by atoms with Crippen LogP contribution in [0.4, 0.5) is 0 Å². The van der Waals surface area contributed by atoms with Crippen LogP contribution in [0.1, 0.15) is 73.1 Å². The van der Waals surface area contributed by atoms with Crippen molar-refractivity contribution >= 4 is 17.7 Å². The summed E-state index contributed by atoms with van der Waals surface area (Å²) in [7, 11) is 0. The fourth-order valence-corrected chi connectivity index (χ4v) is 7.16. The third-order valence-electron chi connectivity index (χ3n) is 8.26. The highest BCUT2D eigenvalue weighted by atomic mass is 16.6. The Kier molecular flexibility index (Phi) is 4.28. The Morgan fingerprint density at radius 3 is 2.43 bits per heavy atom. The van der Waals surface area contributed by atoms with Gasteiger partial charge in [0, 0.05) is 24.2 Å². The van der Waals surface area contributed by atoms with Crippen molar-refractivity contribution in [2.45, 2.75) is 90.4 Å². The van der Waals surface area contributed by atoms with E-state index in [1.54, 1.807) is 0 Å². The van der Waals surface area contributed by atoms with Gasteiger partial charge in [0.1, 0.15) is 12.2 Å². The quantitative estimate of drug-likeness (QED) is 0.638. The van der Waals surface area contributed by atoms with Crippen LogP contribution in [0, 0.1) is 22.7 Å². The number of hydrogen-bond acceptors (Lipinski definition) is 6. The number of carbonyl (C=O) groups excluding carboxylic acids is 3. The number of Topliss-reactive ketones (excluding diaryl/α,β-unsaturated/α-hetero) is 1. The lowest BCUT2D eigenvalue weighted by Crippen LogP contribution is -2.70. The highest BCUT2D eigenvalue weighted by molar-refractivity contribution is 5.90. The summed E-state index contributed by atoms with van der Waals surface area (Å²) in [5.41, 5.74) is -1.78. The summed E-state index contributed by atoms with van der Waals surface area (Å²) in [5, 5.41) is 0. The maximum absolute atomic E-state index is 13.6. The number of ether oxygens (including phenoxy) is 3. The molecule has 2 aliphatic carbocycles. The summed E-state index contributed by atoms with van der Waals surface area (Å²) >= 11 is 0. The number of esters is 2. The molecular formula is C22H32O6.